The summed E-state index contributed by atoms with van der Waals surface area (Å²) in [5, 5.41) is 14.3. The lowest BCUT2D eigenvalue weighted by atomic mass is 9.68. The third-order valence-corrected chi connectivity index (χ3v) is 8.00. The van der Waals surface area contributed by atoms with Crippen LogP contribution in [0.15, 0.2) is 48.5 Å². The number of aliphatic hydroxyl groups excluding tert-OH is 1. The molecule has 190 valence electrons. The van der Waals surface area contributed by atoms with Crippen molar-refractivity contribution in [1.82, 2.24) is 10.2 Å². The molecule has 1 amide bonds. The summed E-state index contributed by atoms with van der Waals surface area (Å²) in [6, 6.07) is 14.3. The molecule has 1 saturated heterocycles. The summed E-state index contributed by atoms with van der Waals surface area (Å²) in [4.78, 5) is 15.1. The van der Waals surface area contributed by atoms with E-state index in [1.165, 1.54) is 6.07 Å². The fourth-order valence-electron chi connectivity index (χ4n) is 5.04. The van der Waals surface area contributed by atoms with Crippen molar-refractivity contribution in [3.63, 3.8) is 0 Å². The molecule has 2 N–H and O–H groups in total. The van der Waals surface area contributed by atoms with Gasteiger partial charge in [0.25, 0.3) is 0 Å². The standard InChI is InChI=1S/C27H35FN2O4S/c1-26(2,3)34-25(32)30(16-18-9-13-21(33-4)14-10-18)24-29-27(22-7-5-6-8-23(22)28)15-20(31)12-11-19(27)17-35-24/h5-10,13-14,19-20,24,29,31H,11-12,15-17H2,1-4H3. The highest BCUT2D eigenvalue weighted by molar-refractivity contribution is 7.99. The van der Waals surface area contributed by atoms with Gasteiger partial charge in [0.1, 0.15) is 22.7 Å². The molecule has 2 aromatic carbocycles. The van der Waals surface area contributed by atoms with Crippen molar-refractivity contribution in [3.8, 4) is 5.75 Å². The van der Waals surface area contributed by atoms with Crippen LogP contribution in [0.25, 0.3) is 0 Å². The van der Waals surface area contributed by atoms with Gasteiger partial charge in [-0.05, 0) is 69.7 Å². The van der Waals surface area contributed by atoms with Crippen LogP contribution < -0.4 is 10.1 Å². The third-order valence-electron chi connectivity index (χ3n) is 6.72. The van der Waals surface area contributed by atoms with Crippen molar-refractivity contribution in [2.45, 2.75) is 69.3 Å². The van der Waals surface area contributed by atoms with Crippen molar-refractivity contribution in [2.75, 3.05) is 12.9 Å². The van der Waals surface area contributed by atoms with E-state index >= 15 is 4.39 Å². The summed E-state index contributed by atoms with van der Waals surface area (Å²) in [6.07, 6.45) is 0.874. The fourth-order valence-corrected chi connectivity index (χ4v) is 6.54. The molecule has 1 aliphatic heterocycles. The molecule has 4 atom stereocenters. The Balaban J connectivity index is 1.69. The molecule has 4 unspecified atom stereocenters. The number of nitrogens with one attached hydrogen (secondary N) is 1. The summed E-state index contributed by atoms with van der Waals surface area (Å²) in [7, 11) is 1.61. The second-order valence-electron chi connectivity index (χ2n) is 10.4. The van der Waals surface area contributed by atoms with Crippen molar-refractivity contribution in [3.05, 3.63) is 65.5 Å². The highest BCUT2D eigenvalue weighted by Crippen LogP contribution is 2.48. The van der Waals surface area contributed by atoms with Gasteiger partial charge >= 0.3 is 6.09 Å². The maximum Gasteiger partial charge on any atom is 0.412 e. The normalized spacial score (nSPS) is 26.5. The number of hydrogen-bond acceptors (Lipinski definition) is 6. The van der Waals surface area contributed by atoms with Crippen LogP contribution in [0, 0.1) is 11.7 Å². The first-order valence-corrected chi connectivity index (χ1v) is 13.1. The van der Waals surface area contributed by atoms with Gasteiger partial charge < -0.3 is 14.6 Å². The van der Waals surface area contributed by atoms with Crippen LogP contribution in [0.1, 0.15) is 51.2 Å². The van der Waals surface area contributed by atoms with E-state index in [2.05, 4.69) is 5.32 Å². The largest absolute Gasteiger partial charge is 0.497 e. The number of nitrogens with zero attached hydrogens (tertiary/aromatic N) is 1. The number of carbonyl (C=O) groups is 1. The van der Waals surface area contributed by atoms with Gasteiger partial charge in [-0.15, -0.1) is 11.8 Å². The van der Waals surface area contributed by atoms with Crippen LogP contribution in [-0.4, -0.2) is 46.2 Å². The van der Waals surface area contributed by atoms with E-state index in [-0.39, 0.29) is 11.7 Å². The number of benzene rings is 2. The first-order valence-electron chi connectivity index (χ1n) is 12.1. The quantitative estimate of drug-likeness (QED) is 0.582. The Bertz CT molecular complexity index is 1030. The first-order chi connectivity index (χ1) is 16.6. The maximum atomic E-state index is 15.1. The summed E-state index contributed by atoms with van der Waals surface area (Å²) in [6.45, 7) is 5.83. The van der Waals surface area contributed by atoms with Gasteiger partial charge in [-0.1, -0.05) is 30.3 Å². The number of fused-ring (bicyclic) bond motifs is 1. The molecule has 1 saturated carbocycles. The highest BCUT2D eigenvalue weighted by Gasteiger charge is 2.51. The number of halogens is 1. The Morgan fingerprint density at radius 3 is 2.57 bits per heavy atom. The Morgan fingerprint density at radius 2 is 1.91 bits per heavy atom. The molecule has 0 bridgehead atoms. The maximum absolute atomic E-state index is 15.1. The lowest BCUT2D eigenvalue weighted by molar-refractivity contribution is -0.00367. The molecule has 4 rings (SSSR count). The van der Waals surface area contributed by atoms with E-state index in [0.29, 0.717) is 24.9 Å². The van der Waals surface area contributed by atoms with Gasteiger partial charge in [0.05, 0.1) is 25.3 Å². The van der Waals surface area contributed by atoms with Crippen molar-refractivity contribution in [1.29, 1.82) is 0 Å². The number of amides is 1. The zero-order valence-corrected chi connectivity index (χ0v) is 21.6. The van der Waals surface area contributed by atoms with E-state index in [1.807, 2.05) is 51.1 Å². The SMILES string of the molecule is COc1ccc(CN(C(=O)OC(C)(C)C)C2NC3(c4ccccc4F)CC(O)CCC3CS2)cc1. The van der Waals surface area contributed by atoms with Gasteiger partial charge in [-0.25, -0.2) is 9.18 Å². The molecule has 35 heavy (non-hydrogen) atoms. The number of methoxy groups -OCH3 is 1. The van der Waals surface area contributed by atoms with Gasteiger partial charge in [0.2, 0.25) is 0 Å². The van der Waals surface area contributed by atoms with Crippen molar-refractivity contribution < 1.29 is 23.8 Å². The lowest BCUT2D eigenvalue weighted by Gasteiger charge is -2.53. The van der Waals surface area contributed by atoms with E-state index in [9.17, 15) is 9.90 Å². The minimum absolute atomic E-state index is 0.130. The Hall–Kier alpha value is -2.29. The minimum atomic E-state index is -0.779. The second kappa shape index (κ2) is 10.4. The molecule has 1 aliphatic carbocycles. The summed E-state index contributed by atoms with van der Waals surface area (Å²) in [5.74, 6) is 1.30. The molecule has 1 heterocycles. The molecular weight excluding hydrogens is 467 g/mol. The Labute approximate surface area is 211 Å². The molecule has 2 aliphatic rings. The fraction of sp³-hybridized carbons (Fsp3) is 0.519. The predicted molar refractivity (Wildman–Crippen MR) is 136 cm³/mol. The van der Waals surface area contributed by atoms with Crippen LogP contribution in [0.5, 0.6) is 5.75 Å². The Kier molecular flexibility index (Phi) is 7.64. The molecule has 0 aromatic heterocycles. The number of carbonyl (C=O) groups excluding carboxylic acids is 1. The first kappa shape index (κ1) is 25.8. The number of hydrogen-bond donors (Lipinski definition) is 2. The van der Waals surface area contributed by atoms with Crippen LogP contribution in [0.4, 0.5) is 9.18 Å². The molecule has 2 aromatic rings. The second-order valence-corrected chi connectivity index (χ2v) is 11.5. The Morgan fingerprint density at radius 1 is 1.20 bits per heavy atom. The monoisotopic (exact) mass is 502 g/mol. The van der Waals surface area contributed by atoms with E-state index in [1.54, 1.807) is 35.9 Å². The molecule has 2 fully saturated rings. The number of aliphatic hydroxyl groups is 1. The van der Waals surface area contributed by atoms with E-state index < -0.39 is 28.8 Å². The summed E-state index contributed by atoms with van der Waals surface area (Å²) >= 11 is 1.62. The average Bonchev–Trinajstić information content (AvgIpc) is 2.81. The van der Waals surface area contributed by atoms with Crippen LogP contribution >= 0.6 is 11.8 Å². The number of rotatable bonds is 5. The van der Waals surface area contributed by atoms with Gasteiger partial charge in [0, 0.05) is 11.3 Å². The third kappa shape index (κ3) is 5.76. The van der Waals surface area contributed by atoms with Crippen molar-refractivity contribution in [2.24, 2.45) is 5.92 Å². The lowest BCUT2D eigenvalue weighted by Crippen LogP contribution is -2.64. The number of thioether (sulfide) groups is 1. The molecule has 0 radical (unpaired) electrons. The molecule has 8 heteroatoms. The van der Waals surface area contributed by atoms with E-state index in [0.717, 1.165) is 23.5 Å². The molecule has 6 nitrogen and oxygen atoms in total. The summed E-state index contributed by atoms with van der Waals surface area (Å²) < 4.78 is 26.2. The van der Waals surface area contributed by atoms with Gasteiger partial charge in [-0.2, -0.15) is 0 Å². The molecule has 0 spiro atoms. The predicted octanol–water partition coefficient (Wildman–Crippen LogP) is 5.25. The number of ether oxygens (including phenoxy) is 2. The van der Waals surface area contributed by atoms with Gasteiger partial charge in [-0.3, -0.25) is 10.2 Å². The smallest absolute Gasteiger partial charge is 0.412 e. The van der Waals surface area contributed by atoms with Crippen LogP contribution in [-0.2, 0) is 16.8 Å². The van der Waals surface area contributed by atoms with Gasteiger partial charge in [0.15, 0.2) is 0 Å². The topological polar surface area (TPSA) is 71.0 Å². The highest BCUT2D eigenvalue weighted by atomic mass is 32.2. The minimum Gasteiger partial charge on any atom is -0.497 e. The van der Waals surface area contributed by atoms with Crippen molar-refractivity contribution >= 4 is 17.9 Å². The molecular formula is C27H35FN2O4S. The average molecular weight is 503 g/mol. The van der Waals surface area contributed by atoms with Crippen LogP contribution in [0.2, 0.25) is 0 Å². The zero-order valence-electron chi connectivity index (χ0n) is 20.8. The zero-order chi connectivity index (χ0) is 25.2. The summed E-state index contributed by atoms with van der Waals surface area (Å²) in [5.41, 5.74) is -0.443. The van der Waals surface area contributed by atoms with E-state index in [4.69, 9.17) is 9.47 Å². The van der Waals surface area contributed by atoms with Crippen LogP contribution in [0.3, 0.4) is 0 Å².